The fourth-order valence-electron chi connectivity index (χ4n) is 2.23. The minimum Gasteiger partial charge on any atom is -0.395 e. The number of aliphatic hydroxyl groups excluding tert-OH is 1. The summed E-state index contributed by atoms with van der Waals surface area (Å²) >= 11 is 6.00. The van der Waals surface area contributed by atoms with Gasteiger partial charge in [-0.2, -0.15) is 4.98 Å². The van der Waals surface area contributed by atoms with Gasteiger partial charge in [-0.25, -0.2) is 4.98 Å². The Hall–Kier alpha value is -1.85. The molecule has 0 spiro atoms. The van der Waals surface area contributed by atoms with Gasteiger partial charge in [0.1, 0.15) is 5.82 Å². The molecule has 1 aliphatic carbocycles. The maximum Gasteiger partial charge on any atom is 0.224 e. The lowest BCUT2D eigenvalue weighted by Gasteiger charge is -2.11. The van der Waals surface area contributed by atoms with Crippen molar-refractivity contribution in [2.45, 2.75) is 25.3 Å². The van der Waals surface area contributed by atoms with Gasteiger partial charge < -0.3 is 15.7 Å². The summed E-state index contributed by atoms with van der Waals surface area (Å²) in [6.45, 7) is 1.16. The largest absolute Gasteiger partial charge is 0.395 e. The lowest BCUT2D eigenvalue weighted by atomic mass is 10.2. The second-order valence-electron chi connectivity index (χ2n) is 5.41. The summed E-state index contributed by atoms with van der Waals surface area (Å²) in [4.78, 5) is 8.95. The van der Waals surface area contributed by atoms with E-state index in [0.717, 1.165) is 22.1 Å². The SMILES string of the molecule is OCCNc1nc(NCc2cccc(Cl)c2)cc(C2CC2)n1. The van der Waals surface area contributed by atoms with Gasteiger partial charge in [0.25, 0.3) is 0 Å². The minimum atomic E-state index is 0.0578. The fraction of sp³-hybridized carbons (Fsp3) is 0.375. The van der Waals surface area contributed by atoms with Crippen LogP contribution in [-0.4, -0.2) is 28.2 Å². The van der Waals surface area contributed by atoms with E-state index in [1.54, 1.807) is 0 Å². The molecule has 1 aromatic carbocycles. The predicted molar refractivity (Wildman–Crippen MR) is 88.4 cm³/mol. The van der Waals surface area contributed by atoms with Crippen molar-refractivity contribution in [3.05, 3.63) is 46.6 Å². The highest BCUT2D eigenvalue weighted by molar-refractivity contribution is 6.30. The lowest BCUT2D eigenvalue weighted by Crippen LogP contribution is -2.11. The van der Waals surface area contributed by atoms with Crippen LogP contribution in [0.2, 0.25) is 5.02 Å². The third kappa shape index (κ3) is 4.08. The van der Waals surface area contributed by atoms with Crippen LogP contribution in [0.25, 0.3) is 0 Å². The Kier molecular flexibility index (Phi) is 4.75. The molecule has 0 bridgehead atoms. The first-order chi connectivity index (χ1) is 10.7. The molecule has 3 N–H and O–H groups in total. The summed E-state index contributed by atoms with van der Waals surface area (Å²) in [6, 6.07) is 9.75. The number of aliphatic hydroxyl groups is 1. The third-order valence-corrected chi connectivity index (χ3v) is 3.73. The van der Waals surface area contributed by atoms with Gasteiger partial charge in [0, 0.05) is 30.1 Å². The zero-order chi connectivity index (χ0) is 15.4. The smallest absolute Gasteiger partial charge is 0.224 e. The highest BCUT2D eigenvalue weighted by Crippen LogP contribution is 2.39. The molecule has 0 saturated heterocycles. The molecule has 1 aromatic heterocycles. The van der Waals surface area contributed by atoms with Gasteiger partial charge in [-0.15, -0.1) is 0 Å². The molecule has 2 aromatic rings. The maximum atomic E-state index is 8.92. The van der Waals surface area contributed by atoms with Crippen molar-refractivity contribution < 1.29 is 5.11 Å². The first-order valence-electron chi connectivity index (χ1n) is 7.46. The van der Waals surface area contributed by atoms with Crippen LogP contribution in [-0.2, 0) is 6.54 Å². The number of rotatable bonds is 7. The standard InChI is InChI=1S/C16H19ClN4O/c17-13-3-1-2-11(8-13)10-19-15-9-14(12-4-5-12)20-16(21-15)18-6-7-22/h1-3,8-9,12,22H,4-7,10H2,(H2,18,19,20,21). The second-order valence-corrected chi connectivity index (χ2v) is 5.85. The summed E-state index contributed by atoms with van der Waals surface area (Å²) < 4.78 is 0. The summed E-state index contributed by atoms with van der Waals surface area (Å²) in [5, 5.41) is 16.0. The molecule has 1 aliphatic rings. The van der Waals surface area contributed by atoms with E-state index in [2.05, 4.69) is 20.6 Å². The van der Waals surface area contributed by atoms with Crippen molar-refractivity contribution in [1.82, 2.24) is 9.97 Å². The molecule has 1 saturated carbocycles. The van der Waals surface area contributed by atoms with Crippen molar-refractivity contribution >= 4 is 23.4 Å². The number of nitrogens with one attached hydrogen (secondary N) is 2. The topological polar surface area (TPSA) is 70.1 Å². The molecule has 0 aliphatic heterocycles. The van der Waals surface area contributed by atoms with E-state index in [0.29, 0.717) is 25.0 Å². The summed E-state index contributed by atoms with van der Waals surface area (Å²) in [6.07, 6.45) is 2.37. The van der Waals surface area contributed by atoms with E-state index in [-0.39, 0.29) is 6.61 Å². The highest BCUT2D eigenvalue weighted by atomic mass is 35.5. The van der Waals surface area contributed by atoms with Crippen molar-refractivity contribution in [2.24, 2.45) is 0 Å². The average molecular weight is 319 g/mol. The van der Waals surface area contributed by atoms with Gasteiger partial charge in [0.15, 0.2) is 0 Å². The molecule has 6 heteroatoms. The zero-order valence-electron chi connectivity index (χ0n) is 12.2. The van der Waals surface area contributed by atoms with Crippen LogP contribution in [0.5, 0.6) is 0 Å². The van der Waals surface area contributed by atoms with Crippen LogP contribution in [0.1, 0.15) is 30.0 Å². The Morgan fingerprint density at radius 2 is 2.05 bits per heavy atom. The van der Waals surface area contributed by atoms with Crippen LogP contribution in [0.3, 0.4) is 0 Å². The Morgan fingerprint density at radius 3 is 2.77 bits per heavy atom. The lowest BCUT2D eigenvalue weighted by molar-refractivity contribution is 0.311. The van der Waals surface area contributed by atoms with Gasteiger partial charge in [0.05, 0.1) is 12.3 Å². The molecule has 0 radical (unpaired) electrons. The van der Waals surface area contributed by atoms with Crippen molar-refractivity contribution in [3.8, 4) is 0 Å². The van der Waals surface area contributed by atoms with Crippen LogP contribution in [0, 0.1) is 0 Å². The molecule has 22 heavy (non-hydrogen) atoms. The van der Waals surface area contributed by atoms with Gasteiger partial charge >= 0.3 is 0 Å². The number of hydrogen-bond acceptors (Lipinski definition) is 5. The van der Waals surface area contributed by atoms with Crippen molar-refractivity contribution in [1.29, 1.82) is 0 Å². The second kappa shape index (κ2) is 6.94. The third-order valence-electron chi connectivity index (χ3n) is 3.50. The molecule has 1 heterocycles. The molecular formula is C16H19ClN4O. The van der Waals surface area contributed by atoms with E-state index < -0.39 is 0 Å². The number of hydrogen-bond donors (Lipinski definition) is 3. The van der Waals surface area contributed by atoms with Crippen LogP contribution >= 0.6 is 11.6 Å². The van der Waals surface area contributed by atoms with Gasteiger partial charge in [0.2, 0.25) is 5.95 Å². The zero-order valence-corrected chi connectivity index (χ0v) is 13.0. The van der Waals surface area contributed by atoms with Crippen LogP contribution in [0.15, 0.2) is 30.3 Å². The average Bonchev–Trinajstić information content (AvgIpc) is 3.36. The predicted octanol–water partition coefficient (Wildman–Crippen LogP) is 3.02. The first kappa shape index (κ1) is 15.1. The number of nitrogens with zero attached hydrogens (tertiary/aromatic N) is 2. The Morgan fingerprint density at radius 1 is 1.18 bits per heavy atom. The molecule has 116 valence electrons. The number of anilines is 2. The van der Waals surface area contributed by atoms with Crippen LogP contribution in [0.4, 0.5) is 11.8 Å². The molecule has 3 rings (SSSR count). The molecule has 0 unspecified atom stereocenters. The van der Waals surface area contributed by atoms with Crippen LogP contribution < -0.4 is 10.6 Å². The Balaban J connectivity index is 1.72. The Labute approximate surface area is 134 Å². The maximum absolute atomic E-state index is 8.92. The normalized spacial score (nSPS) is 13.9. The monoisotopic (exact) mass is 318 g/mol. The highest BCUT2D eigenvalue weighted by Gasteiger charge is 2.26. The van der Waals surface area contributed by atoms with E-state index >= 15 is 0 Å². The molecular weight excluding hydrogens is 300 g/mol. The summed E-state index contributed by atoms with van der Waals surface area (Å²) in [7, 11) is 0. The summed E-state index contributed by atoms with van der Waals surface area (Å²) in [5.74, 6) is 1.90. The minimum absolute atomic E-state index is 0.0578. The number of benzene rings is 1. The quantitative estimate of drug-likeness (QED) is 0.732. The van der Waals surface area contributed by atoms with Gasteiger partial charge in [-0.3, -0.25) is 0 Å². The molecule has 0 atom stereocenters. The van der Waals surface area contributed by atoms with E-state index in [4.69, 9.17) is 16.7 Å². The Bertz CT molecular complexity index is 646. The molecule has 1 fully saturated rings. The van der Waals surface area contributed by atoms with Gasteiger partial charge in [-0.05, 0) is 30.5 Å². The molecule has 5 nitrogen and oxygen atoms in total. The number of halogens is 1. The van der Waals surface area contributed by atoms with E-state index in [1.807, 2.05) is 30.3 Å². The van der Waals surface area contributed by atoms with Crippen molar-refractivity contribution in [3.63, 3.8) is 0 Å². The first-order valence-corrected chi connectivity index (χ1v) is 7.84. The van der Waals surface area contributed by atoms with Gasteiger partial charge in [-0.1, -0.05) is 23.7 Å². The van der Waals surface area contributed by atoms with E-state index in [9.17, 15) is 0 Å². The molecule has 0 amide bonds. The number of aromatic nitrogens is 2. The summed E-state index contributed by atoms with van der Waals surface area (Å²) in [5.41, 5.74) is 2.16. The van der Waals surface area contributed by atoms with E-state index in [1.165, 1.54) is 12.8 Å². The fourth-order valence-corrected chi connectivity index (χ4v) is 2.44. The van der Waals surface area contributed by atoms with Crippen molar-refractivity contribution in [2.75, 3.05) is 23.8 Å².